The predicted octanol–water partition coefficient (Wildman–Crippen LogP) is 2.69. The van der Waals surface area contributed by atoms with E-state index in [0.717, 1.165) is 16.6 Å². The molecule has 1 aliphatic rings. The second kappa shape index (κ2) is 7.84. The molecule has 1 fully saturated rings. The Morgan fingerprint density at radius 2 is 1.82 bits per heavy atom. The zero-order chi connectivity index (χ0) is 19.5. The zero-order valence-corrected chi connectivity index (χ0v) is 16.0. The number of imidazole rings is 1. The summed E-state index contributed by atoms with van der Waals surface area (Å²) in [5.41, 5.74) is 3.05. The van der Waals surface area contributed by atoms with E-state index in [4.69, 9.17) is 0 Å². The Labute approximate surface area is 164 Å². The van der Waals surface area contributed by atoms with Crippen LogP contribution in [0.3, 0.4) is 0 Å². The van der Waals surface area contributed by atoms with Gasteiger partial charge in [-0.15, -0.1) is 0 Å². The first-order valence-electron chi connectivity index (χ1n) is 9.65. The van der Waals surface area contributed by atoms with Crippen molar-refractivity contribution in [2.24, 2.45) is 0 Å². The van der Waals surface area contributed by atoms with E-state index in [0.29, 0.717) is 32.6 Å². The maximum Gasteiger partial charge on any atom is 0.245 e. The van der Waals surface area contributed by atoms with E-state index in [9.17, 15) is 9.59 Å². The number of hydrogen-bond donors (Lipinski definition) is 0. The Balaban J connectivity index is 1.37. The Bertz CT molecular complexity index is 982. The highest BCUT2D eigenvalue weighted by Gasteiger charge is 2.33. The molecular weight excluding hydrogens is 352 g/mol. The molecule has 1 atom stereocenters. The van der Waals surface area contributed by atoms with E-state index in [1.54, 1.807) is 11.2 Å². The fraction of sp³-hybridized carbons (Fsp3) is 0.318. The molecule has 0 aliphatic carbocycles. The highest BCUT2D eigenvalue weighted by Crippen LogP contribution is 2.17. The van der Waals surface area contributed by atoms with Gasteiger partial charge in [0.2, 0.25) is 11.8 Å². The fourth-order valence-electron chi connectivity index (χ4n) is 3.78. The van der Waals surface area contributed by atoms with Gasteiger partial charge in [-0.1, -0.05) is 42.5 Å². The Morgan fingerprint density at radius 1 is 1.07 bits per heavy atom. The van der Waals surface area contributed by atoms with Crippen LogP contribution in [0.1, 0.15) is 18.9 Å². The lowest BCUT2D eigenvalue weighted by atomic mass is 10.1. The number of fused-ring (bicyclic) bond motifs is 1. The van der Waals surface area contributed by atoms with Crippen LogP contribution < -0.4 is 0 Å². The average Bonchev–Trinajstić information content (AvgIpc) is 3.14. The second-order valence-corrected chi connectivity index (χ2v) is 7.19. The van der Waals surface area contributed by atoms with Crippen molar-refractivity contribution in [1.82, 2.24) is 19.4 Å². The van der Waals surface area contributed by atoms with Gasteiger partial charge in [-0.2, -0.15) is 0 Å². The predicted molar refractivity (Wildman–Crippen MR) is 107 cm³/mol. The number of aryl methyl sites for hydroxylation is 1. The maximum absolute atomic E-state index is 12.8. The van der Waals surface area contributed by atoms with Crippen molar-refractivity contribution in [2.45, 2.75) is 32.5 Å². The molecule has 4 rings (SSSR count). The fourth-order valence-corrected chi connectivity index (χ4v) is 3.78. The van der Waals surface area contributed by atoms with Crippen LogP contribution in [0.5, 0.6) is 0 Å². The van der Waals surface area contributed by atoms with Crippen molar-refractivity contribution >= 4 is 22.8 Å². The number of amides is 2. The number of piperazine rings is 1. The van der Waals surface area contributed by atoms with E-state index in [-0.39, 0.29) is 11.8 Å². The number of aromatic nitrogens is 2. The topological polar surface area (TPSA) is 58.4 Å². The van der Waals surface area contributed by atoms with Crippen LogP contribution in [0.2, 0.25) is 0 Å². The monoisotopic (exact) mass is 376 g/mol. The highest BCUT2D eigenvalue weighted by atomic mass is 16.2. The number of hydrogen-bond acceptors (Lipinski definition) is 3. The number of rotatable bonds is 5. The summed E-state index contributed by atoms with van der Waals surface area (Å²) in [4.78, 5) is 33.5. The third-order valence-electron chi connectivity index (χ3n) is 5.38. The van der Waals surface area contributed by atoms with Gasteiger partial charge in [0.25, 0.3) is 0 Å². The van der Waals surface area contributed by atoms with E-state index in [1.165, 1.54) is 0 Å². The van der Waals surface area contributed by atoms with Crippen molar-refractivity contribution in [2.75, 3.05) is 13.1 Å². The molecule has 1 unspecified atom stereocenters. The average molecular weight is 376 g/mol. The van der Waals surface area contributed by atoms with Crippen LogP contribution in [0.4, 0.5) is 0 Å². The molecule has 3 aromatic rings. The minimum absolute atomic E-state index is 0.0107. The maximum atomic E-state index is 12.8. The molecule has 2 aromatic carbocycles. The van der Waals surface area contributed by atoms with Gasteiger partial charge >= 0.3 is 0 Å². The van der Waals surface area contributed by atoms with Crippen molar-refractivity contribution in [3.05, 3.63) is 66.5 Å². The van der Waals surface area contributed by atoms with Gasteiger partial charge in [0.1, 0.15) is 6.04 Å². The summed E-state index contributed by atoms with van der Waals surface area (Å²) < 4.78 is 1.99. The molecule has 1 saturated heterocycles. The van der Waals surface area contributed by atoms with Crippen LogP contribution in [0.15, 0.2) is 60.9 Å². The number of carbonyl (C=O) groups excluding carboxylic acids is 2. The molecule has 0 N–H and O–H groups in total. The summed E-state index contributed by atoms with van der Waals surface area (Å²) in [6.07, 6.45) is 2.13. The van der Waals surface area contributed by atoms with E-state index in [2.05, 4.69) is 4.98 Å². The summed E-state index contributed by atoms with van der Waals surface area (Å²) in [6, 6.07) is 17.4. The summed E-state index contributed by atoms with van der Waals surface area (Å²) in [5, 5.41) is 0. The Morgan fingerprint density at radius 3 is 2.64 bits per heavy atom. The Hall–Kier alpha value is -3.15. The molecule has 1 aliphatic heterocycles. The first kappa shape index (κ1) is 18.2. The van der Waals surface area contributed by atoms with Crippen LogP contribution in [-0.2, 0) is 22.7 Å². The van der Waals surface area contributed by atoms with Gasteiger partial charge < -0.3 is 14.4 Å². The molecule has 0 saturated carbocycles. The molecule has 6 heteroatoms. The third kappa shape index (κ3) is 3.63. The van der Waals surface area contributed by atoms with Crippen LogP contribution in [0, 0.1) is 0 Å². The van der Waals surface area contributed by atoms with Crippen molar-refractivity contribution < 1.29 is 9.59 Å². The summed E-state index contributed by atoms with van der Waals surface area (Å²) >= 11 is 0. The zero-order valence-electron chi connectivity index (χ0n) is 16.0. The highest BCUT2D eigenvalue weighted by molar-refractivity contribution is 5.88. The molecular formula is C22H24N4O2. The van der Waals surface area contributed by atoms with Gasteiger partial charge in [-0.25, -0.2) is 4.98 Å². The van der Waals surface area contributed by atoms with Gasteiger partial charge in [0.15, 0.2) is 0 Å². The molecule has 0 bridgehead atoms. The minimum Gasteiger partial charge on any atom is -0.335 e. The molecule has 2 heterocycles. The molecule has 0 radical (unpaired) electrons. The van der Waals surface area contributed by atoms with E-state index < -0.39 is 6.04 Å². The second-order valence-electron chi connectivity index (χ2n) is 7.19. The lowest BCUT2D eigenvalue weighted by molar-refractivity contribution is -0.151. The first-order chi connectivity index (χ1) is 13.6. The quantitative estimate of drug-likeness (QED) is 0.688. The summed E-state index contributed by atoms with van der Waals surface area (Å²) in [7, 11) is 0. The standard InChI is InChI=1S/C22H24N4O2/c1-17-22(28)24(15-18-7-3-2-4-8-18)13-14-26(17)21(27)11-12-25-16-23-19-9-5-6-10-20(19)25/h2-10,16-17H,11-15H2,1H3. The molecule has 0 spiro atoms. The van der Waals surface area contributed by atoms with Crippen LogP contribution >= 0.6 is 0 Å². The van der Waals surface area contributed by atoms with Crippen LogP contribution in [-0.4, -0.2) is 50.3 Å². The number of nitrogens with zero attached hydrogens (tertiary/aromatic N) is 4. The van der Waals surface area contributed by atoms with E-state index >= 15 is 0 Å². The smallest absolute Gasteiger partial charge is 0.245 e. The number of benzene rings is 2. The molecule has 2 amide bonds. The molecule has 28 heavy (non-hydrogen) atoms. The SMILES string of the molecule is CC1C(=O)N(Cc2ccccc2)CCN1C(=O)CCn1cnc2ccccc21. The Kier molecular flexibility index (Phi) is 5.10. The largest absolute Gasteiger partial charge is 0.335 e. The van der Waals surface area contributed by atoms with Gasteiger partial charge in [0, 0.05) is 32.6 Å². The van der Waals surface area contributed by atoms with Gasteiger partial charge in [-0.3, -0.25) is 9.59 Å². The molecule has 6 nitrogen and oxygen atoms in total. The molecule has 1 aromatic heterocycles. The molecule has 144 valence electrons. The minimum atomic E-state index is -0.426. The number of para-hydroxylation sites is 2. The summed E-state index contributed by atoms with van der Waals surface area (Å²) in [5.74, 6) is 0.0227. The number of carbonyl (C=O) groups is 2. The van der Waals surface area contributed by atoms with Crippen molar-refractivity contribution in [3.63, 3.8) is 0 Å². The van der Waals surface area contributed by atoms with Gasteiger partial charge in [-0.05, 0) is 24.6 Å². The van der Waals surface area contributed by atoms with Gasteiger partial charge in [0.05, 0.1) is 17.4 Å². The van der Waals surface area contributed by atoms with E-state index in [1.807, 2.05) is 71.0 Å². The first-order valence-corrected chi connectivity index (χ1v) is 9.65. The van der Waals surface area contributed by atoms with Crippen molar-refractivity contribution in [1.29, 1.82) is 0 Å². The lowest BCUT2D eigenvalue weighted by Gasteiger charge is -2.39. The third-order valence-corrected chi connectivity index (χ3v) is 5.38. The lowest BCUT2D eigenvalue weighted by Crippen LogP contribution is -2.57. The normalized spacial score (nSPS) is 17.3. The summed E-state index contributed by atoms with van der Waals surface area (Å²) in [6.45, 7) is 4.11. The van der Waals surface area contributed by atoms with Crippen LogP contribution in [0.25, 0.3) is 11.0 Å². The van der Waals surface area contributed by atoms with Crippen molar-refractivity contribution in [3.8, 4) is 0 Å².